The number of hydrogen-bond donors (Lipinski definition) is 1. The molecule has 1 atom stereocenters. The number of carbonyl (C=O) groups is 2. The van der Waals surface area contributed by atoms with Gasteiger partial charge in [-0.25, -0.2) is 9.59 Å². The lowest BCUT2D eigenvalue weighted by Gasteiger charge is -2.41. The SMILES string of the molecule is COC(=O)c1ccccc1NC(=O)N1CCN(c2ccc(C)cc2)[C@@H](C)C1. The number of para-hydroxylation sites is 1. The molecule has 27 heavy (non-hydrogen) atoms. The van der Waals surface area contributed by atoms with Crippen LogP contribution in [0.25, 0.3) is 0 Å². The number of amides is 2. The minimum Gasteiger partial charge on any atom is -0.465 e. The van der Waals surface area contributed by atoms with Gasteiger partial charge in [0, 0.05) is 31.4 Å². The van der Waals surface area contributed by atoms with Crippen molar-refractivity contribution in [1.29, 1.82) is 0 Å². The van der Waals surface area contributed by atoms with Gasteiger partial charge < -0.3 is 19.9 Å². The lowest BCUT2D eigenvalue weighted by atomic mass is 10.1. The Labute approximate surface area is 159 Å². The third-order valence-electron chi connectivity index (χ3n) is 4.85. The second-order valence-corrected chi connectivity index (χ2v) is 6.79. The Morgan fingerprint density at radius 1 is 1.07 bits per heavy atom. The number of hydrogen-bond acceptors (Lipinski definition) is 4. The van der Waals surface area contributed by atoms with E-state index in [1.54, 1.807) is 29.2 Å². The predicted octanol–water partition coefficient (Wildman–Crippen LogP) is 3.52. The Balaban J connectivity index is 1.66. The number of ether oxygens (including phenoxy) is 1. The van der Waals surface area contributed by atoms with Gasteiger partial charge in [0.1, 0.15) is 0 Å². The van der Waals surface area contributed by atoms with E-state index < -0.39 is 5.97 Å². The number of carbonyl (C=O) groups excluding carboxylic acids is 2. The van der Waals surface area contributed by atoms with Gasteiger partial charge in [0.05, 0.1) is 18.4 Å². The summed E-state index contributed by atoms with van der Waals surface area (Å²) in [5.74, 6) is -0.469. The van der Waals surface area contributed by atoms with E-state index in [2.05, 4.69) is 48.3 Å². The first kappa shape index (κ1) is 18.8. The first-order valence-electron chi connectivity index (χ1n) is 9.06. The Kier molecular flexibility index (Phi) is 5.64. The van der Waals surface area contributed by atoms with E-state index >= 15 is 0 Å². The standard InChI is InChI=1S/C21H25N3O3/c1-15-8-10-17(11-9-15)24-13-12-23(14-16(24)2)21(26)22-19-7-5-4-6-18(19)20(25)27-3/h4-11,16H,12-14H2,1-3H3,(H,22,26)/t16-/m0/s1. The zero-order chi connectivity index (χ0) is 19.4. The van der Waals surface area contributed by atoms with Crippen LogP contribution in [0.2, 0.25) is 0 Å². The van der Waals surface area contributed by atoms with Gasteiger partial charge in [0.15, 0.2) is 0 Å². The number of rotatable bonds is 3. The summed E-state index contributed by atoms with van der Waals surface area (Å²) in [7, 11) is 1.33. The van der Waals surface area contributed by atoms with Crippen LogP contribution in [0.3, 0.4) is 0 Å². The van der Waals surface area contributed by atoms with Crippen LogP contribution in [0, 0.1) is 6.92 Å². The maximum Gasteiger partial charge on any atom is 0.339 e. The molecule has 0 aromatic heterocycles. The molecular weight excluding hydrogens is 342 g/mol. The fraction of sp³-hybridized carbons (Fsp3) is 0.333. The molecule has 0 aliphatic carbocycles. The van der Waals surface area contributed by atoms with Crippen LogP contribution < -0.4 is 10.2 Å². The fourth-order valence-corrected chi connectivity index (χ4v) is 3.34. The highest BCUT2D eigenvalue weighted by Crippen LogP contribution is 2.22. The number of benzene rings is 2. The summed E-state index contributed by atoms with van der Waals surface area (Å²) in [5, 5.41) is 2.85. The summed E-state index contributed by atoms with van der Waals surface area (Å²) in [5.41, 5.74) is 3.21. The van der Waals surface area contributed by atoms with E-state index in [1.165, 1.54) is 18.4 Å². The van der Waals surface area contributed by atoms with Crippen molar-refractivity contribution in [2.75, 3.05) is 37.0 Å². The smallest absolute Gasteiger partial charge is 0.339 e. The van der Waals surface area contributed by atoms with Gasteiger partial charge in [0.25, 0.3) is 0 Å². The maximum atomic E-state index is 12.7. The van der Waals surface area contributed by atoms with E-state index in [4.69, 9.17) is 4.74 Å². The zero-order valence-electron chi connectivity index (χ0n) is 15.9. The second-order valence-electron chi connectivity index (χ2n) is 6.79. The molecule has 0 saturated carbocycles. The van der Waals surface area contributed by atoms with Crippen LogP contribution in [0.15, 0.2) is 48.5 Å². The van der Waals surface area contributed by atoms with Crippen LogP contribution in [0.4, 0.5) is 16.2 Å². The molecule has 2 aromatic carbocycles. The van der Waals surface area contributed by atoms with Crippen LogP contribution >= 0.6 is 0 Å². The second kappa shape index (κ2) is 8.12. The molecule has 0 spiro atoms. The van der Waals surface area contributed by atoms with Crippen LogP contribution in [0.1, 0.15) is 22.8 Å². The Morgan fingerprint density at radius 2 is 1.78 bits per heavy atom. The van der Waals surface area contributed by atoms with Crippen molar-refractivity contribution < 1.29 is 14.3 Å². The van der Waals surface area contributed by atoms with E-state index in [0.29, 0.717) is 24.3 Å². The highest BCUT2D eigenvalue weighted by Gasteiger charge is 2.27. The minimum atomic E-state index is -0.469. The van der Waals surface area contributed by atoms with Crippen LogP contribution in [0.5, 0.6) is 0 Å². The van der Waals surface area contributed by atoms with Gasteiger partial charge in [-0.3, -0.25) is 0 Å². The third kappa shape index (κ3) is 4.22. The lowest BCUT2D eigenvalue weighted by molar-refractivity contribution is 0.0602. The van der Waals surface area contributed by atoms with Gasteiger partial charge in [0.2, 0.25) is 0 Å². The van der Waals surface area contributed by atoms with E-state index in [-0.39, 0.29) is 12.1 Å². The number of aryl methyl sites for hydroxylation is 1. The largest absolute Gasteiger partial charge is 0.465 e. The normalized spacial score (nSPS) is 16.8. The van der Waals surface area contributed by atoms with Gasteiger partial charge in [-0.15, -0.1) is 0 Å². The molecule has 3 rings (SSSR count). The molecule has 0 bridgehead atoms. The number of nitrogens with one attached hydrogen (secondary N) is 1. The molecule has 1 fully saturated rings. The van der Waals surface area contributed by atoms with Crippen molar-refractivity contribution in [3.8, 4) is 0 Å². The summed E-state index contributed by atoms with van der Waals surface area (Å²) in [6.07, 6.45) is 0. The third-order valence-corrected chi connectivity index (χ3v) is 4.85. The quantitative estimate of drug-likeness (QED) is 0.843. The number of urea groups is 1. The number of methoxy groups -OCH3 is 1. The molecule has 2 aromatic rings. The predicted molar refractivity (Wildman–Crippen MR) is 106 cm³/mol. The maximum absolute atomic E-state index is 12.7. The molecule has 1 aliphatic heterocycles. The summed E-state index contributed by atoms with van der Waals surface area (Å²) < 4.78 is 4.78. The van der Waals surface area contributed by atoms with E-state index in [1.807, 2.05) is 0 Å². The molecule has 1 heterocycles. The van der Waals surface area contributed by atoms with Crippen molar-refractivity contribution in [3.05, 3.63) is 59.7 Å². The number of anilines is 2. The molecule has 2 amide bonds. The number of nitrogens with zero attached hydrogens (tertiary/aromatic N) is 2. The molecule has 1 aliphatic rings. The highest BCUT2D eigenvalue weighted by molar-refractivity contribution is 6.00. The highest BCUT2D eigenvalue weighted by atomic mass is 16.5. The van der Waals surface area contributed by atoms with Crippen LogP contribution in [-0.4, -0.2) is 49.7 Å². The van der Waals surface area contributed by atoms with Crippen molar-refractivity contribution in [2.45, 2.75) is 19.9 Å². The van der Waals surface area contributed by atoms with Crippen molar-refractivity contribution >= 4 is 23.4 Å². The first-order valence-corrected chi connectivity index (χ1v) is 9.06. The van der Waals surface area contributed by atoms with Gasteiger partial charge in [-0.05, 0) is 38.1 Å². The summed E-state index contributed by atoms with van der Waals surface area (Å²) >= 11 is 0. The van der Waals surface area contributed by atoms with Crippen molar-refractivity contribution in [2.24, 2.45) is 0 Å². The number of esters is 1. The molecule has 0 radical (unpaired) electrons. The Hall–Kier alpha value is -3.02. The van der Waals surface area contributed by atoms with Crippen molar-refractivity contribution in [1.82, 2.24) is 4.90 Å². The first-order chi connectivity index (χ1) is 13.0. The molecule has 6 heteroatoms. The van der Waals surface area contributed by atoms with E-state index in [0.717, 1.165) is 6.54 Å². The summed E-state index contributed by atoms with van der Waals surface area (Å²) in [4.78, 5) is 28.7. The molecule has 1 saturated heterocycles. The zero-order valence-corrected chi connectivity index (χ0v) is 15.9. The van der Waals surface area contributed by atoms with Crippen LogP contribution in [-0.2, 0) is 4.74 Å². The summed E-state index contributed by atoms with van der Waals surface area (Å²) in [6, 6.07) is 15.3. The molecule has 0 unspecified atom stereocenters. The average Bonchev–Trinajstić information content (AvgIpc) is 2.68. The Bertz CT molecular complexity index is 820. The van der Waals surface area contributed by atoms with Gasteiger partial charge in [-0.1, -0.05) is 29.8 Å². The molecule has 1 N–H and O–H groups in total. The molecule has 6 nitrogen and oxygen atoms in total. The Morgan fingerprint density at radius 3 is 2.44 bits per heavy atom. The van der Waals surface area contributed by atoms with Gasteiger partial charge in [-0.2, -0.15) is 0 Å². The van der Waals surface area contributed by atoms with E-state index in [9.17, 15) is 9.59 Å². The number of piperazine rings is 1. The fourth-order valence-electron chi connectivity index (χ4n) is 3.34. The summed E-state index contributed by atoms with van der Waals surface area (Å²) in [6.45, 7) is 6.17. The van der Waals surface area contributed by atoms with Crippen molar-refractivity contribution in [3.63, 3.8) is 0 Å². The molecule has 142 valence electrons. The van der Waals surface area contributed by atoms with Gasteiger partial charge >= 0.3 is 12.0 Å². The average molecular weight is 367 g/mol. The lowest BCUT2D eigenvalue weighted by Crippen LogP contribution is -2.54. The minimum absolute atomic E-state index is 0.197. The molecular formula is C21H25N3O3. The topological polar surface area (TPSA) is 61.9 Å². The monoisotopic (exact) mass is 367 g/mol.